The van der Waals surface area contributed by atoms with Crippen molar-refractivity contribution < 1.29 is 4.42 Å². The number of nitrogens with one attached hydrogen (secondary N) is 2. The molecule has 0 spiro atoms. The number of aryl methyl sites for hydroxylation is 1. The first-order valence-electron chi connectivity index (χ1n) is 8.96. The minimum atomic E-state index is 0.456. The molecule has 1 heterocycles. The maximum atomic E-state index is 5.60. The Bertz CT molecular complexity index is 722. The van der Waals surface area contributed by atoms with Gasteiger partial charge in [-0.2, -0.15) is 0 Å². The Kier molecular flexibility index (Phi) is 5.88. The number of nitrogens with zero attached hydrogens (tertiary/aromatic N) is 2. The lowest BCUT2D eigenvalue weighted by Crippen LogP contribution is -2.42. The van der Waals surface area contributed by atoms with Crippen LogP contribution < -0.4 is 10.6 Å². The number of hydrogen-bond donors (Lipinski definition) is 2. The summed E-state index contributed by atoms with van der Waals surface area (Å²) in [6.07, 6.45) is 9.04. The van der Waals surface area contributed by atoms with Crippen molar-refractivity contribution in [3.05, 3.63) is 53.9 Å². The van der Waals surface area contributed by atoms with Gasteiger partial charge in [-0.25, -0.2) is 4.98 Å². The molecule has 1 aliphatic carbocycles. The zero-order valence-corrected chi connectivity index (χ0v) is 15.0. The van der Waals surface area contributed by atoms with E-state index in [9.17, 15) is 0 Å². The lowest BCUT2D eigenvalue weighted by Gasteiger charge is -2.16. The molecule has 0 saturated carbocycles. The van der Waals surface area contributed by atoms with Crippen LogP contribution in [0.4, 0.5) is 0 Å². The molecule has 0 aliphatic heterocycles. The first-order chi connectivity index (χ1) is 12.2. The lowest BCUT2D eigenvalue weighted by atomic mass is 10.1. The van der Waals surface area contributed by atoms with Gasteiger partial charge < -0.3 is 15.1 Å². The summed E-state index contributed by atoms with van der Waals surface area (Å²) in [4.78, 5) is 9.22. The van der Waals surface area contributed by atoms with E-state index in [0.29, 0.717) is 18.5 Å². The summed E-state index contributed by atoms with van der Waals surface area (Å²) in [7, 11) is 0. The Morgan fingerprint density at radius 1 is 1.24 bits per heavy atom. The predicted octanol–water partition coefficient (Wildman–Crippen LogP) is 3.47. The van der Waals surface area contributed by atoms with Gasteiger partial charge in [0.2, 0.25) is 5.89 Å². The fourth-order valence-corrected chi connectivity index (χ4v) is 2.78. The van der Waals surface area contributed by atoms with Crippen LogP contribution in [-0.4, -0.2) is 30.1 Å². The monoisotopic (exact) mass is 338 g/mol. The number of aliphatic imine (C=N–C) groups is 1. The van der Waals surface area contributed by atoms with E-state index >= 15 is 0 Å². The van der Waals surface area contributed by atoms with Crippen LogP contribution in [0, 0.1) is 6.92 Å². The quantitative estimate of drug-likeness (QED) is 0.481. The summed E-state index contributed by atoms with van der Waals surface area (Å²) in [5, 5.41) is 6.77. The van der Waals surface area contributed by atoms with E-state index in [4.69, 9.17) is 4.42 Å². The van der Waals surface area contributed by atoms with Gasteiger partial charge in [0.05, 0.1) is 5.69 Å². The summed E-state index contributed by atoms with van der Waals surface area (Å²) in [5.41, 5.74) is 3.16. The molecule has 0 fully saturated rings. The number of oxazole rings is 1. The van der Waals surface area contributed by atoms with E-state index in [0.717, 1.165) is 43.0 Å². The largest absolute Gasteiger partial charge is 0.444 e. The first-order valence-corrected chi connectivity index (χ1v) is 8.96. The molecule has 0 saturated heterocycles. The third-order valence-corrected chi connectivity index (χ3v) is 4.18. The number of aromatic nitrogens is 1. The van der Waals surface area contributed by atoms with Crippen molar-refractivity contribution in [3.63, 3.8) is 0 Å². The van der Waals surface area contributed by atoms with Gasteiger partial charge in [0.25, 0.3) is 0 Å². The molecule has 5 nitrogen and oxygen atoms in total. The molecular formula is C20H26N4O. The summed E-state index contributed by atoms with van der Waals surface area (Å²) < 4.78 is 5.60. The minimum absolute atomic E-state index is 0.456. The molecule has 132 valence electrons. The van der Waals surface area contributed by atoms with Crippen LogP contribution in [0.5, 0.6) is 0 Å². The third kappa shape index (κ3) is 4.95. The van der Waals surface area contributed by atoms with E-state index in [1.165, 1.54) is 5.56 Å². The second-order valence-electron chi connectivity index (χ2n) is 6.30. The van der Waals surface area contributed by atoms with Crippen LogP contribution in [0.1, 0.15) is 31.0 Å². The van der Waals surface area contributed by atoms with Gasteiger partial charge in [-0.15, -0.1) is 0 Å². The zero-order chi connectivity index (χ0) is 17.5. The number of rotatable bonds is 6. The van der Waals surface area contributed by atoms with Gasteiger partial charge in [0.1, 0.15) is 6.26 Å². The van der Waals surface area contributed by atoms with E-state index < -0.39 is 0 Å². The second kappa shape index (κ2) is 8.51. The highest BCUT2D eigenvalue weighted by Gasteiger charge is 2.11. The minimum Gasteiger partial charge on any atom is -0.444 e. The van der Waals surface area contributed by atoms with E-state index in [-0.39, 0.29) is 0 Å². The van der Waals surface area contributed by atoms with Crippen LogP contribution in [0.3, 0.4) is 0 Å². The van der Waals surface area contributed by atoms with E-state index in [1.54, 1.807) is 6.26 Å². The molecule has 1 aliphatic rings. The maximum Gasteiger partial charge on any atom is 0.226 e. The van der Waals surface area contributed by atoms with Crippen LogP contribution in [-0.2, 0) is 6.42 Å². The Morgan fingerprint density at radius 2 is 2.00 bits per heavy atom. The summed E-state index contributed by atoms with van der Waals surface area (Å²) in [5.74, 6) is 1.54. The molecule has 5 heteroatoms. The zero-order valence-electron chi connectivity index (χ0n) is 15.0. The molecule has 0 amide bonds. The average molecular weight is 338 g/mol. The SMILES string of the molecule is CCNC(=NCCc1coc(-c2ccc(C)cc2)n1)NC1CC=CC1. The van der Waals surface area contributed by atoms with Gasteiger partial charge in [-0.3, -0.25) is 4.99 Å². The molecule has 0 bridgehead atoms. The fourth-order valence-electron chi connectivity index (χ4n) is 2.78. The highest BCUT2D eigenvalue weighted by molar-refractivity contribution is 5.80. The highest BCUT2D eigenvalue weighted by Crippen LogP contribution is 2.19. The van der Waals surface area contributed by atoms with Crippen LogP contribution in [0.2, 0.25) is 0 Å². The number of benzene rings is 1. The molecule has 0 radical (unpaired) electrons. The number of hydrogen-bond acceptors (Lipinski definition) is 3. The van der Waals surface area contributed by atoms with Crippen LogP contribution in [0.25, 0.3) is 11.5 Å². The van der Waals surface area contributed by atoms with Gasteiger partial charge in [0.15, 0.2) is 5.96 Å². The van der Waals surface area contributed by atoms with E-state index in [2.05, 4.69) is 58.7 Å². The smallest absolute Gasteiger partial charge is 0.226 e. The van der Waals surface area contributed by atoms with Gasteiger partial charge in [0, 0.05) is 31.1 Å². The first kappa shape index (κ1) is 17.3. The third-order valence-electron chi connectivity index (χ3n) is 4.18. The Morgan fingerprint density at radius 3 is 2.72 bits per heavy atom. The Balaban J connectivity index is 1.55. The maximum absolute atomic E-state index is 5.60. The topological polar surface area (TPSA) is 62.5 Å². The van der Waals surface area contributed by atoms with Crippen molar-refractivity contribution >= 4 is 5.96 Å². The molecule has 2 N–H and O–H groups in total. The van der Waals surface area contributed by atoms with Gasteiger partial charge in [-0.05, 0) is 38.8 Å². The molecule has 1 aromatic carbocycles. The average Bonchev–Trinajstić information content (AvgIpc) is 3.28. The normalized spacial score (nSPS) is 14.9. The number of guanidine groups is 1. The molecule has 25 heavy (non-hydrogen) atoms. The molecule has 3 rings (SSSR count). The Hall–Kier alpha value is -2.56. The predicted molar refractivity (Wildman–Crippen MR) is 102 cm³/mol. The van der Waals surface area contributed by atoms with Crippen molar-refractivity contribution in [2.24, 2.45) is 4.99 Å². The Labute approximate surface area is 149 Å². The van der Waals surface area contributed by atoms with Crippen molar-refractivity contribution in [2.45, 2.75) is 39.2 Å². The standard InChI is InChI=1S/C20H26N4O/c1-3-21-20(24-17-6-4-5-7-17)22-13-12-18-14-25-19(23-18)16-10-8-15(2)9-11-16/h4-5,8-11,14,17H,3,6-7,12-13H2,1-2H3,(H2,21,22,24). The van der Waals surface area contributed by atoms with Crippen molar-refractivity contribution in [2.75, 3.05) is 13.1 Å². The summed E-state index contributed by atoms with van der Waals surface area (Å²) in [6, 6.07) is 8.65. The van der Waals surface area contributed by atoms with Crippen molar-refractivity contribution in [1.29, 1.82) is 0 Å². The van der Waals surface area contributed by atoms with Crippen molar-refractivity contribution in [3.8, 4) is 11.5 Å². The summed E-state index contributed by atoms with van der Waals surface area (Å²) >= 11 is 0. The molecule has 2 aromatic rings. The van der Waals surface area contributed by atoms with Gasteiger partial charge in [-0.1, -0.05) is 29.8 Å². The molecule has 0 atom stereocenters. The molecule has 1 aromatic heterocycles. The molecular weight excluding hydrogens is 312 g/mol. The highest BCUT2D eigenvalue weighted by atomic mass is 16.3. The van der Waals surface area contributed by atoms with E-state index in [1.807, 2.05) is 12.1 Å². The summed E-state index contributed by atoms with van der Waals surface area (Å²) in [6.45, 7) is 5.68. The van der Waals surface area contributed by atoms with Crippen LogP contribution in [0.15, 0.2) is 52.1 Å². The molecule has 0 unspecified atom stereocenters. The lowest BCUT2D eigenvalue weighted by molar-refractivity contribution is 0.572. The fraction of sp³-hybridized carbons (Fsp3) is 0.400. The van der Waals surface area contributed by atoms with Crippen LogP contribution >= 0.6 is 0 Å². The van der Waals surface area contributed by atoms with Crippen molar-refractivity contribution in [1.82, 2.24) is 15.6 Å². The van der Waals surface area contributed by atoms with Gasteiger partial charge >= 0.3 is 0 Å². The second-order valence-corrected chi connectivity index (χ2v) is 6.30.